The van der Waals surface area contributed by atoms with Crippen LogP contribution in [0.25, 0.3) is 11.1 Å². The van der Waals surface area contributed by atoms with E-state index in [1.54, 1.807) is 0 Å². The summed E-state index contributed by atoms with van der Waals surface area (Å²) in [4.78, 5) is 10.8. The van der Waals surface area contributed by atoms with Crippen molar-refractivity contribution in [3.05, 3.63) is 93.6 Å². The molecule has 0 aliphatic carbocycles. The zero-order valence-corrected chi connectivity index (χ0v) is 15.0. The van der Waals surface area contributed by atoms with Gasteiger partial charge in [0.1, 0.15) is 46.5 Å². The Hall–Kier alpha value is -4.24. The monoisotopic (exact) mass is 431 g/mol. The van der Waals surface area contributed by atoms with E-state index in [1.165, 1.54) is 6.07 Å². The third kappa shape index (κ3) is 4.21. The number of nitriles is 1. The van der Waals surface area contributed by atoms with Crippen LogP contribution in [0.3, 0.4) is 0 Å². The summed E-state index contributed by atoms with van der Waals surface area (Å²) in [5.74, 6) is -5.12. The molecule has 3 aromatic carbocycles. The van der Waals surface area contributed by atoms with Crippen LogP contribution in [0.4, 0.5) is 26.3 Å². The average molecular weight is 431 g/mol. The maximum Gasteiger partial charge on any atom is 0.335 e. The minimum atomic E-state index is -1.56. The summed E-state index contributed by atoms with van der Waals surface area (Å²) in [6, 6.07) is 4.89. The molecule has 0 saturated carbocycles. The topological polar surface area (TPSA) is 61.1 Å². The molecule has 0 radical (unpaired) electrons. The minimum absolute atomic E-state index is 0.352. The van der Waals surface area contributed by atoms with Crippen LogP contribution in [-0.4, -0.2) is 11.1 Å². The van der Waals surface area contributed by atoms with E-state index >= 15 is 0 Å². The highest BCUT2D eigenvalue weighted by Gasteiger charge is 2.18. The Kier molecular flexibility index (Phi) is 5.71. The smallest absolute Gasteiger partial charge is 0.335 e. The van der Waals surface area contributed by atoms with Gasteiger partial charge in [-0.1, -0.05) is 11.8 Å². The van der Waals surface area contributed by atoms with Crippen molar-refractivity contribution in [2.24, 2.45) is 0 Å². The van der Waals surface area contributed by atoms with Crippen LogP contribution in [0.2, 0.25) is 0 Å². The van der Waals surface area contributed by atoms with Gasteiger partial charge in [0.15, 0.2) is 0 Å². The van der Waals surface area contributed by atoms with Crippen LogP contribution in [0.5, 0.6) is 0 Å². The van der Waals surface area contributed by atoms with Gasteiger partial charge >= 0.3 is 5.97 Å². The zero-order chi connectivity index (χ0) is 22.9. The van der Waals surface area contributed by atoms with E-state index in [0.717, 1.165) is 0 Å². The maximum atomic E-state index is 14.4. The lowest BCUT2D eigenvalue weighted by Crippen LogP contribution is -2.01. The highest BCUT2D eigenvalue weighted by Crippen LogP contribution is 2.30. The lowest BCUT2D eigenvalue weighted by Gasteiger charge is -2.08. The van der Waals surface area contributed by atoms with Crippen LogP contribution in [0.15, 0.2) is 36.4 Å². The molecular weight excluding hydrogens is 424 g/mol. The van der Waals surface area contributed by atoms with E-state index in [0.29, 0.717) is 36.4 Å². The molecule has 9 heteroatoms. The van der Waals surface area contributed by atoms with Crippen molar-refractivity contribution in [1.82, 2.24) is 0 Å². The van der Waals surface area contributed by atoms with Crippen LogP contribution in [0, 0.1) is 58.1 Å². The van der Waals surface area contributed by atoms with Gasteiger partial charge in [0.25, 0.3) is 0 Å². The second kappa shape index (κ2) is 8.25. The molecule has 0 aliphatic heterocycles. The standard InChI is InChI=1S/C22H7F6NO2/c23-15-7-12(22(30)31)8-16(24)13(15)2-1-10-3-19(27)21(20(28)4-10)11-5-17(25)14(9-29)18(26)6-11/h3-8H,(H,30,31). The van der Waals surface area contributed by atoms with Crippen molar-refractivity contribution in [2.45, 2.75) is 0 Å². The number of carboxylic acid groups (broad SMARTS) is 1. The SMILES string of the molecule is N#Cc1c(F)cc(-c2c(F)cc(C#Cc3c(F)cc(C(=O)O)cc3F)cc2F)cc1F. The van der Waals surface area contributed by atoms with Crippen LogP contribution in [0.1, 0.15) is 27.0 Å². The molecule has 154 valence electrons. The average Bonchev–Trinajstić information content (AvgIpc) is 2.66. The predicted octanol–water partition coefficient (Wildman–Crippen LogP) is 5.16. The molecule has 0 unspecified atom stereocenters. The zero-order valence-electron chi connectivity index (χ0n) is 15.0. The van der Waals surface area contributed by atoms with Crippen LogP contribution >= 0.6 is 0 Å². The number of nitrogens with zero attached hydrogens (tertiary/aromatic N) is 1. The molecule has 0 heterocycles. The number of halogens is 6. The van der Waals surface area contributed by atoms with Gasteiger partial charge < -0.3 is 5.11 Å². The molecule has 0 fully saturated rings. The molecule has 0 spiro atoms. The van der Waals surface area contributed by atoms with Gasteiger partial charge in [-0.05, 0) is 42.0 Å². The van der Waals surface area contributed by atoms with E-state index < -0.39 is 68.7 Å². The van der Waals surface area contributed by atoms with Gasteiger partial charge in [-0.2, -0.15) is 5.26 Å². The first-order valence-corrected chi connectivity index (χ1v) is 8.25. The van der Waals surface area contributed by atoms with E-state index in [2.05, 4.69) is 5.92 Å². The summed E-state index contributed by atoms with van der Waals surface area (Å²) < 4.78 is 84.2. The summed E-state index contributed by atoms with van der Waals surface area (Å²) in [5, 5.41) is 17.4. The van der Waals surface area contributed by atoms with Gasteiger partial charge in [0.05, 0.1) is 16.7 Å². The van der Waals surface area contributed by atoms with Crippen molar-refractivity contribution in [1.29, 1.82) is 5.26 Å². The van der Waals surface area contributed by atoms with E-state index in [4.69, 9.17) is 10.4 Å². The number of hydrogen-bond acceptors (Lipinski definition) is 2. The van der Waals surface area contributed by atoms with Crippen LogP contribution in [-0.2, 0) is 0 Å². The van der Waals surface area contributed by atoms with Crippen LogP contribution < -0.4 is 0 Å². The summed E-state index contributed by atoms with van der Waals surface area (Å²) >= 11 is 0. The Morgan fingerprint density at radius 1 is 0.710 bits per heavy atom. The third-order valence-corrected chi connectivity index (χ3v) is 4.11. The molecule has 0 aliphatic rings. The summed E-state index contributed by atoms with van der Waals surface area (Å²) in [5.41, 5.74) is -4.03. The van der Waals surface area contributed by atoms with Crippen molar-refractivity contribution in [3.8, 4) is 29.0 Å². The summed E-state index contributed by atoms with van der Waals surface area (Å²) in [6.45, 7) is 0. The van der Waals surface area contributed by atoms with Gasteiger partial charge in [-0.3, -0.25) is 0 Å². The Labute approximate surface area is 170 Å². The van der Waals surface area contributed by atoms with Crippen molar-refractivity contribution >= 4 is 5.97 Å². The minimum Gasteiger partial charge on any atom is -0.478 e. The second-order valence-electron chi connectivity index (χ2n) is 6.11. The molecule has 3 nitrogen and oxygen atoms in total. The molecule has 0 amide bonds. The van der Waals surface area contributed by atoms with Gasteiger partial charge in [-0.25, -0.2) is 31.1 Å². The molecule has 31 heavy (non-hydrogen) atoms. The van der Waals surface area contributed by atoms with Crippen molar-refractivity contribution in [3.63, 3.8) is 0 Å². The molecule has 3 aromatic rings. The number of aromatic carboxylic acids is 1. The fraction of sp³-hybridized carbons (Fsp3) is 0. The number of hydrogen-bond donors (Lipinski definition) is 1. The van der Waals surface area contributed by atoms with Gasteiger partial charge in [0.2, 0.25) is 0 Å². The lowest BCUT2D eigenvalue weighted by atomic mass is 10.00. The molecule has 0 saturated heterocycles. The second-order valence-corrected chi connectivity index (χ2v) is 6.11. The van der Waals surface area contributed by atoms with E-state index in [9.17, 15) is 31.1 Å². The fourth-order valence-electron chi connectivity index (χ4n) is 2.70. The van der Waals surface area contributed by atoms with Gasteiger partial charge in [0, 0.05) is 5.56 Å². The predicted molar refractivity (Wildman–Crippen MR) is 95.7 cm³/mol. The Balaban J connectivity index is 2.04. The van der Waals surface area contributed by atoms with E-state index in [1.807, 2.05) is 5.92 Å². The number of rotatable bonds is 2. The molecule has 1 N–H and O–H groups in total. The Morgan fingerprint density at radius 3 is 1.65 bits per heavy atom. The molecule has 3 rings (SSSR count). The normalized spacial score (nSPS) is 10.2. The largest absolute Gasteiger partial charge is 0.478 e. The highest BCUT2D eigenvalue weighted by molar-refractivity contribution is 5.87. The summed E-state index contributed by atoms with van der Waals surface area (Å²) in [6.07, 6.45) is 0. The number of benzene rings is 3. The number of carbonyl (C=O) groups is 1. The first-order valence-electron chi connectivity index (χ1n) is 8.25. The van der Waals surface area contributed by atoms with Gasteiger partial charge in [-0.15, -0.1) is 0 Å². The Morgan fingerprint density at radius 2 is 1.19 bits per heavy atom. The van der Waals surface area contributed by atoms with E-state index in [-0.39, 0.29) is 5.56 Å². The lowest BCUT2D eigenvalue weighted by molar-refractivity contribution is 0.0695. The quantitative estimate of drug-likeness (QED) is 0.451. The summed E-state index contributed by atoms with van der Waals surface area (Å²) in [7, 11) is 0. The first-order chi connectivity index (χ1) is 14.6. The molecular formula is C22H7F6NO2. The molecule has 0 atom stereocenters. The van der Waals surface area contributed by atoms with Crippen molar-refractivity contribution < 1.29 is 36.2 Å². The Bertz CT molecular complexity index is 1280. The first kappa shape index (κ1) is 21.5. The number of carboxylic acids is 1. The van der Waals surface area contributed by atoms with Crippen molar-refractivity contribution in [2.75, 3.05) is 0 Å². The fourth-order valence-corrected chi connectivity index (χ4v) is 2.70. The molecule has 0 aromatic heterocycles. The maximum absolute atomic E-state index is 14.4. The highest BCUT2D eigenvalue weighted by atomic mass is 19.2. The third-order valence-electron chi connectivity index (χ3n) is 4.11. The molecule has 0 bridgehead atoms.